The molecular formula is C14H20ClN3O2. The summed E-state index contributed by atoms with van der Waals surface area (Å²) in [5.74, 6) is 0.590. The molecule has 0 radical (unpaired) electrons. The van der Waals surface area contributed by atoms with Gasteiger partial charge in [-0.05, 0) is 31.6 Å². The Morgan fingerprint density at radius 2 is 2.25 bits per heavy atom. The first-order chi connectivity index (χ1) is 9.74. The van der Waals surface area contributed by atoms with Gasteiger partial charge in [0.25, 0.3) is 5.56 Å². The molecule has 1 N–H and O–H groups in total. The molecule has 6 heteroatoms. The number of rotatable bonds is 4. The van der Waals surface area contributed by atoms with Crippen LogP contribution < -0.4 is 10.9 Å². The molecular weight excluding hydrogens is 278 g/mol. The average Bonchev–Trinajstić information content (AvgIpc) is 2.42. The van der Waals surface area contributed by atoms with E-state index in [-0.39, 0.29) is 11.6 Å². The average molecular weight is 298 g/mol. The van der Waals surface area contributed by atoms with Crippen LogP contribution in [0.4, 0.5) is 5.69 Å². The summed E-state index contributed by atoms with van der Waals surface area (Å²) < 4.78 is 6.97. The number of halogens is 1. The van der Waals surface area contributed by atoms with E-state index in [0.29, 0.717) is 29.8 Å². The van der Waals surface area contributed by atoms with Crippen molar-refractivity contribution in [3.8, 4) is 0 Å². The van der Waals surface area contributed by atoms with Crippen LogP contribution in [-0.4, -0.2) is 29.0 Å². The van der Waals surface area contributed by atoms with Gasteiger partial charge in [-0.15, -0.1) is 0 Å². The highest BCUT2D eigenvalue weighted by atomic mass is 35.5. The van der Waals surface area contributed by atoms with Crippen molar-refractivity contribution < 1.29 is 4.74 Å². The Balaban J connectivity index is 1.77. The highest BCUT2D eigenvalue weighted by Crippen LogP contribution is 2.27. The second-order valence-corrected chi connectivity index (χ2v) is 6.12. The molecule has 3 rings (SSSR count). The van der Waals surface area contributed by atoms with E-state index in [0.717, 1.165) is 19.4 Å². The first-order valence-electron chi connectivity index (χ1n) is 7.34. The summed E-state index contributed by atoms with van der Waals surface area (Å²) in [6, 6.07) is 0.161. The largest absolute Gasteiger partial charge is 0.379 e. The third kappa shape index (κ3) is 2.99. The minimum Gasteiger partial charge on any atom is -0.379 e. The van der Waals surface area contributed by atoms with Gasteiger partial charge >= 0.3 is 0 Å². The minimum atomic E-state index is -0.116. The van der Waals surface area contributed by atoms with Gasteiger partial charge in [-0.3, -0.25) is 4.79 Å². The van der Waals surface area contributed by atoms with Crippen molar-refractivity contribution >= 4 is 17.3 Å². The molecule has 1 aliphatic heterocycles. The Morgan fingerprint density at radius 3 is 2.90 bits per heavy atom. The summed E-state index contributed by atoms with van der Waals surface area (Å²) in [5.41, 5.74) is 0.353. The molecule has 1 aromatic heterocycles. The molecule has 5 nitrogen and oxygen atoms in total. The Morgan fingerprint density at radius 1 is 1.40 bits per heavy atom. The van der Waals surface area contributed by atoms with Crippen LogP contribution in [-0.2, 0) is 11.3 Å². The Labute approximate surface area is 123 Å². The van der Waals surface area contributed by atoms with Gasteiger partial charge < -0.3 is 10.1 Å². The predicted molar refractivity (Wildman–Crippen MR) is 78.3 cm³/mol. The number of nitrogens with zero attached hydrogens (tertiary/aromatic N) is 2. The molecule has 0 spiro atoms. The van der Waals surface area contributed by atoms with Crippen LogP contribution in [0.15, 0.2) is 11.0 Å². The lowest BCUT2D eigenvalue weighted by Crippen LogP contribution is -2.36. The van der Waals surface area contributed by atoms with Crippen molar-refractivity contribution in [1.29, 1.82) is 0 Å². The summed E-state index contributed by atoms with van der Waals surface area (Å²) in [6.07, 6.45) is 7.22. The fourth-order valence-electron chi connectivity index (χ4n) is 2.71. The molecule has 0 bridgehead atoms. The number of aromatic nitrogens is 2. The van der Waals surface area contributed by atoms with Crippen LogP contribution in [0, 0.1) is 5.92 Å². The molecule has 110 valence electrons. The lowest BCUT2D eigenvalue weighted by Gasteiger charge is -2.26. The van der Waals surface area contributed by atoms with E-state index < -0.39 is 0 Å². The summed E-state index contributed by atoms with van der Waals surface area (Å²) in [5, 5.41) is 7.79. The molecule has 1 aromatic rings. The topological polar surface area (TPSA) is 56.1 Å². The summed E-state index contributed by atoms with van der Waals surface area (Å²) in [7, 11) is 0. The first kappa shape index (κ1) is 13.9. The van der Waals surface area contributed by atoms with E-state index in [1.807, 2.05) is 0 Å². The summed E-state index contributed by atoms with van der Waals surface area (Å²) >= 11 is 6.13. The minimum absolute atomic E-state index is 0.116. The zero-order valence-corrected chi connectivity index (χ0v) is 12.2. The molecule has 2 aliphatic rings. The molecule has 1 unspecified atom stereocenters. The second-order valence-electron chi connectivity index (χ2n) is 5.71. The Hall–Kier alpha value is -1.07. The predicted octanol–water partition coefficient (Wildman–Crippen LogP) is 2.29. The molecule has 1 saturated carbocycles. The van der Waals surface area contributed by atoms with Crippen molar-refractivity contribution in [2.75, 3.05) is 18.5 Å². The number of nitrogens with one attached hydrogen (secondary N) is 1. The molecule has 1 saturated heterocycles. The van der Waals surface area contributed by atoms with Gasteiger partial charge in [0.15, 0.2) is 0 Å². The van der Waals surface area contributed by atoms with Gasteiger partial charge in [0, 0.05) is 19.2 Å². The molecule has 20 heavy (non-hydrogen) atoms. The van der Waals surface area contributed by atoms with Gasteiger partial charge in [0.05, 0.1) is 17.8 Å². The van der Waals surface area contributed by atoms with Crippen molar-refractivity contribution in [2.45, 2.75) is 44.7 Å². The maximum absolute atomic E-state index is 12.5. The fourth-order valence-corrected chi connectivity index (χ4v) is 2.89. The van der Waals surface area contributed by atoms with Gasteiger partial charge in [0.1, 0.15) is 5.69 Å². The smallest absolute Gasteiger partial charge is 0.291 e. The van der Waals surface area contributed by atoms with Crippen LogP contribution in [0.5, 0.6) is 0 Å². The van der Waals surface area contributed by atoms with E-state index in [2.05, 4.69) is 10.4 Å². The lowest BCUT2D eigenvalue weighted by atomic mass is 9.85. The molecule has 2 fully saturated rings. The van der Waals surface area contributed by atoms with Crippen LogP contribution >= 0.6 is 11.6 Å². The first-order valence-corrected chi connectivity index (χ1v) is 7.72. The highest BCUT2D eigenvalue weighted by molar-refractivity contribution is 6.33. The number of hydrogen-bond donors (Lipinski definition) is 1. The molecule has 2 heterocycles. The third-order valence-electron chi connectivity index (χ3n) is 4.16. The van der Waals surface area contributed by atoms with Gasteiger partial charge in [-0.25, -0.2) is 4.68 Å². The van der Waals surface area contributed by atoms with Crippen molar-refractivity contribution in [3.63, 3.8) is 0 Å². The zero-order chi connectivity index (χ0) is 13.9. The third-order valence-corrected chi connectivity index (χ3v) is 4.45. The van der Waals surface area contributed by atoms with Crippen LogP contribution in [0.2, 0.25) is 5.02 Å². The Bertz CT molecular complexity index is 522. The highest BCUT2D eigenvalue weighted by Gasteiger charge is 2.21. The van der Waals surface area contributed by atoms with Crippen molar-refractivity contribution in [2.24, 2.45) is 5.92 Å². The van der Waals surface area contributed by atoms with Crippen LogP contribution in [0.3, 0.4) is 0 Å². The lowest BCUT2D eigenvalue weighted by molar-refractivity contribution is 0.0875. The van der Waals surface area contributed by atoms with Gasteiger partial charge in [-0.2, -0.15) is 5.10 Å². The number of ether oxygens (including phenoxy) is 1. The summed E-state index contributed by atoms with van der Waals surface area (Å²) in [6.45, 7) is 2.13. The number of hydrogen-bond acceptors (Lipinski definition) is 4. The zero-order valence-electron chi connectivity index (χ0n) is 11.5. The molecule has 0 aromatic carbocycles. The quantitative estimate of drug-likeness (QED) is 0.926. The van der Waals surface area contributed by atoms with Crippen LogP contribution in [0.1, 0.15) is 32.1 Å². The van der Waals surface area contributed by atoms with E-state index in [9.17, 15) is 4.79 Å². The van der Waals surface area contributed by atoms with E-state index in [4.69, 9.17) is 16.3 Å². The number of anilines is 1. The van der Waals surface area contributed by atoms with E-state index in [1.165, 1.54) is 19.3 Å². The standard InChI is InChI=1S/C14H20ClN3O2/c15-12-7-16-18(8-10-3-1-4-10)14(19)13(12)17-11-5-2-6-20-9-11/h7,10-11,17H,1-6,8-9H2. The fraction of sp³-hybridized carbons (Fsp3) is 0.714. The van der Waals surface area contributed by atoms with E-state index in [1.54, 1.807) is 10.9 Å². The SMILES string of the molecule is O=c1c(NC2CCCOC2)c(Cl)cnn1CC1CCC1. The van der Waals surface area contributed by atoms with Crippen LogP contribution in [0.25, 0.3) is 0 Å². The molecule has 0 amide bonds. The van der Waals surface area contributed by atoms with Gasteiger partial charge in [0.2, 0.25) is 0 Å². The monoisotopic (exact) mass is 297 g/mol. The second kappa shape index (κ2) is 6.14. The Kier molecular flexibility index (Phi) is 4.27. The maximum Gasteiger partial charge on any atom is 0.291 e. The van der Waals surface area contributed by atoms with Crippen molar-refractivity contribution in [1.82, 2.24) is 9.78 Å². The molecule has 1 aliphatic carbocycles. The van der Waals surface area contributed by atoms with E-state index >= 15 is 0 Å². The normalized spacial score (nSPS) is 23.4. The molecule has 1 atom stereocenters. The maximum atomic E-state index is 12.5. The van der Waals surface area contributed by atoms with Gasteiger partial charge in [-0.1, -0.05) is 18.0 Å². The summed E-state index contributed by atoms with van der Waals surface area (Å²) in [4.78, 5) is 12.5. The van der Waals surface area contributed by atoms with Crippen molar-refractivity contribution in [3.05, 3.63) is 21.6 Å².